The van der Waals surface area contributed by atoms with E-state index in [1.807, 2.05) is 18.2 Å². The molecule has 0 atom stereocenters. The highest BCUT2D eigenvalue weighted by atomic mass is 32.2. The van der Waals surface area contributed by atoms with Gasteiger partial charge in [0, 0.05) is 38.2 Å². The second-order valence-corrected chi connectivity index (χ2v) is 6.61. The van der Waals surface area contributed by atoms with Gasteiger partial charge >= 0.3 is 0 Å². The number of amides is 3. The molecule has 2 fully saturated rings. The molecule has 1 aromatic carbocycles. The van der Waals surface area contributed by atoms with Gasteiger partial charge in [0.05, 0.1) is 11.4 Å². The molecule has 0 aliphatic carbocycles. The van der Waals surface area contributed by atoms with Crippen LogP contribution in [-0.2, 0) is 9.59 Å². The van der Waals surface area contributed by atoms with Gasteiger partial charge in [0.25, 0.3) is 5.24 Å². The Morgan fingerprint density at radius 2 is 2.04 bits per heavy atom. The van der Waals surface area contributed by atoms with E-state index in [1.54, 1.807) is 15.9 Å². The Balaban J connectivity index is 1.62. The summed E-state index contributed by atoms with van der Waals surface area (Å²) in [4.78, 5) is 39.0. The second kappa shape index (κ2) is 7.04. The molecule has 1 aromatic rings. The van der Waals surface area contributed by atoms with Crippen molar-refractivity contribution in [1.29, 1.82) is 0 Å². The fourth-order valence-electron chi connectivity index (χ4n) is 2.80. The molecule has 0 saturated carbocycles. The number of benzene rings is 1. The van der Waals surface area contributed by atoms with E-state index in [1.165, 1.54) is 11.8 Å². The lowest BCUT2D eigenvalue weighted by Crippen LogP contribution is -2.29. The number of carbonyl (C=O) groups is 3. The summed E-state index contributed by atoms with van der Waals surface area (Å²) < 4.78 is 0. The van der Waals surface area contributed by atoms with Gasteiger partial charge in [-0.3, -0.25) is 14.4 Å². The Kier molecular flexibility index (Phi) is 4.85. The van der Waals surface area contributed by atoms with E-state index in [0.29, 0.717) is 31.7 Å². The zero-order valence-corrected chi connectivity index (χ0v) is 13.6. The predicted octanol–water partition coefficient (Wildman–Crippen LogP) is 2.31. The lowest BCUT2D eigenvalue weighted by Gasteiger charge is -2.20. The summed E-state index contributed by atoms with van der Waals surface area (Å²) in [5.74, 6) is 0.737. The Morgan fingerprint density at radius 1 is 1.22 bits per heavy atom. The van der Waals surface area contributed by atoms with Gasteiger partial charge in [0.2, 0.25) is 11.8 Å². The van der Waals surface area contributed by atoms with Crippen LogP contribution in [0, 0.1) is 0 Å². The highest BCUT2D eigenvalue weighted by Gasteiger charge is 2.25. The van der Waals surface area contributed by atoms with Crippen LogP contribution in [0.3, 0.4) is 0 Å². The molecule has 0 spiro atoms. The summed E-state index contributed by atoms with van der Waals surface area (Å²) in [5, 5.41) is 2.91. The number of hydrogen-bond donors (Lipinski definition) is 1. The number of carbonyl (C=O) groups excluding carboxylic acids is 3. The van der Waals surface area contributed by atoms with Gasteiger partial charge in [-0.05, 0) is 18.6 Å². The third-order valence-corrected chi connectivity index (χ3v) is 4.89. The summed E-state index contributed by atoms with van der Waals surface area (Å²) in [6.45, 7) is 1.82. The van der Waals surface area contributed by atoms with Crippen molar-refractivity contribution in [3.8, 4) is 0 Å². The molecule has 0 aromatic heterocycles. The molecule has 2 heterocycles. The number of thioether (sulfide) groups is 1. The molecular formula is C16H19N3O3S. The van der Waals surface area contributed by atoms with E-state index in [2.05, 4.69) is 5.32 Å². The highest BCUT2D eigenvalue weighted by Crippen LogP contribution is 2.29. The summed E-state index contributed by atoms with van der Waals surface area (Å²) in [7, 11) is 0. The van der Waals surface area contributed by atoms with Crippen LogP contribution in [0.5, 0.6) is 0 Å². The van der Waals surface area contributed by atoms with Crippen molar-refractivity contribution in [2.45, 2.75) is 19.3 Å². The maximum absolute atomic E-state index is 12.2. The van der Waals surface area contributed by atoms with Crippen molar-refractivity contribution >= 4 is 40.2 Å². The number of anilines is 2. The standard InChI is InChI=1S/C16H19N3O3S/c20-14(7-9-18-10-11-23-16(18)22)17-12-4-1-2-5-13(12)19-8-3-6-15(19)21/h1-2,4-5H,3,6-11H2,(H,17,20). The van der Waals surface area contributed by atoms with Crippen LogP contribution in [0.15, 0.2) is 24.3 Å². The summed E-state index contributed by atoms with van der Waals surface area (Å²) in [6.07, 6.45) is 1.65. The van der Waals surface area contributed by atoms with E-state index in [9.17, 15) is 14.4 Å². The van der Waals surface area contributed by atoms with Gasteiger partial charge in [-0.1, -0.05) is 23.9 Å². The molecule has 7 heteroatoms. The molecule has 1 N–H and O–H groups in total. The largest absolute Gasteiger partial charge is 0.332 e. The Labute approximate surface area is 139 Å². The molecule has 2 saturated heterocycles. The summed E-state index contributed by atoms with van der Waals surface area (Å²) in [6, 6.07) is 7.34. The molecule has 3 rings (SSSR count). The molecular weight excluding hydrogens is 314 g/mol. The first kappa shape index (κ1) is 15.9. The van der Waals surface area contributed by atoms with Gasteiger partial charge in [-0.15, -0.1) is 0 Å². The van der Waals surface area contributed by atoms with Crippen LogP contribution in [0.4, 0.5) is 16.2 Å². The smallest absolute Gasteiger partial charge is 0.281 e. The average Bonchev–Trinajstić information content (AvgIpc) is 3.14. The number of nitrogens with one attached hydrogen (secondary N) is 1. The van der Waals surface area contributed by atoms with Crippen molar-refractivity contribution in [1.82, 2.24) is 4.90 Å². The zero-order valence-electron chi connectivity index (χ0n) is 12.8. The van der Waals surface area contributed by atoms with E-state index in [-0.39, 0.29) is 23.5 Å². The second-order valence-electron chi connectivity index (χ2n) is 5.57. The molecule has 3 amide bonds. The van der Waals surface area contributed by atoms with Gasteiger partial charge in [0.1, 0.15) is 0 Å². The fourth-order valence-corrected chi connectivity index (χ4v) is 3.65. The Morgan fingerprint density at radius 3 is 2.74 bits per heavy atom. The monoisotopic (exact) mass is 333 g/mol. The van der Waals surface area contributed by atoms with E-state index in [0.717, 1.165) is 17.9 Å². The molecule has 0 unspecified atom stereocenters. The minimum atomic E-state index is -0.145. The first-order valence-electron chi connectivity index (χ1n) is 7.76. The van der Waals surface area contributed by atoms with Gasteiger partial charge in [-0.2, -0.15) is 0 Å². The highest BCUT2D eigenvalue weighted by molar-refractivity contribution is 8.13. The Hall–Kier alpha value is -2.02. The van der Waals surface area contributed by atoms with Crippen molar-refractivity contribution in [2.24, 2.45) is 0 Å². The topological polar surface area (TPSA) is 69.7 Å². The quantitative estimate of drug-likeness (QED) is 0.898. The minimum absolute atomic E-state index is 0.0425. The summed E-state index contributed by atoms with van der Waals surface area (Å²) >= 11 is 1.29. The number of para-hydroxylation sites is 2. The van der Waals surface area contributed by atoms with Crippen LogP contribution in [0.1, 0.15) is 19.3 Å². The van der Waals surface area contributed by atoms with Crippen LogP contribution in [0.2, 0.25) is 0 Å². The van der Waals surface area contributed by atoms with Crippen LogP contribution in [0.25, 0.3) is 0 Å². The third kappa shape index (κ3) is 3.67. The van der Waals surface area contributed by atoms with E-state index >= 15 is 0 Å². The van der Waals surface area contributed by atoms with E-state index < -0.39 is 0 Å². The van der Waals surface area contributed by atoms with Gasteiger partial charge in [-0.25, -0.2) is 0 Å². The van der Waals surface area contributed by atoms with Crippen LogP contribution >= 0.6 is 11.8 Å². The first-order valence-corrected chi connectivity index (χ1v) is 8.74. The van der Waals surface area contributed by atoms with Crippen LogP contribution < -0.4 is 10.2 Å². The number of nitrogens with zero attached hydrogens (tertiary/aromatic N) is 2. The maximum atomic E-state index is 12.2. The van der Waals surface area contributed by atoms with Gasteiger partial charge < -0.3 is 15.1 Å². The normalized spacial score (nSPS) is 17.9. The number of rotatable bonds is 5. The van der Waals surface area contributed by atoms with Crippen LogP contribution in [-0.4, -0.2) is 47.3 Å². The SMILES string of the molecule is O=C(CCN1CCSC1=O)Nc1ccccc1N1CCCC1=O. The predicted molar refractivity (Wildman–Crippen MR) is 90.7 cm³/mol. The lowest BCUT2D eigenvalue weighted by atomic mass is 10.2. The molecule has 2 aliphatic rings. The molecule has 0 bridgehead atoms. The Bertz CT molecular complexity index is 635. The molecule has 2 aliphatic heterocycles. The number of hydrogen-bond acceptors (Lipinski definition) is 4. The molecule has 0 radical (unpaired) electrons. The van der Waals surface area contributed by atoms with Crippen molar-refractivity contribution in [3.05, 3.63) is 24.3 Å². The summed E-state index contributed by atoms with van der Waals surface area (Å²) in [5.41, 5.74) is 1.39. The van der Waals surface area contributed by atoms with Crippen molar-refractivity contribution in [3.63, 3.8) is 0 Å². The minimum Gasteiger partial charge on any atom is -0.332 e. The molecule has 6 nitrogen and oxygen atoms in total. The first-order chi connectivity index (χ1) is 11.1. The zero-order chi connectivity index (χ0) is 16.2. The van der Waals surface area contributed by atoms with Gasteiger partial charge in [0.15, 0.2) is 0 Å². The fraction of sp³-hybridized carbons (Fsp3) is 0.438. The lowest BCUT2D eigenvalue weighted by molar-refractivity contribution is -0.117. The molecule has 122 valence electrons. The van der Waals surface area contributed by atoms with Crippen molar-refractivity contribution < 1.29 is 14.4 Å². The maximum Gasteiger partial charge on any atom is 0.281 e. The van der Waals surface area contributed by atoms with Crippen molar-refractivity contribution in [2.75, 3.05) is 35.6 Å². The third-order valence-electron chi connectivity index (χ3n) is 4.00. The molecule has 23 heavy (non-hydrogen) atoms. The van der Waals surface area contributed by atoms with E-state index in [4.69, 9.17) is 0 Å². The average molecular weight is 333 g/mol.